The number of carbonyl (C=O) groups is 4. The average molecular weight is 936 g/mol. The van der Waals surface area contributed by atoms with Crippen LogP contribution in [0.1, 0.15) is 63.6 Å². The third-order valence-electron chi connectivity index (χ3n) is 13.5. The number of anilines is 1. The molecule has 9 rings (SSSR count). The second-order valence-corrected chi connectivity index (χ2v) is 17.1. The lowest BCUT2D eigenvalue weighted by atomic mass is 9.64. The van der Waals surface area contributed by atoms with Crippen LogP contribution in [0.5, 0.6) is 17.2 Å². The summed E-state index contributed by atoms with van der Waals surface area (Å²) in [5, 5.41) is 19.8. The monoisotopic (exact) mass is 935 g/mol. The van der Waals surface area contributed by atoms with Crippen molar-refractivity contribution in [2.75, 3.05) is 65.8 Å². The fourth-order valence-corrected chi connectivity index (χ4v) is 10.7. The predicted octanol–water partition coefficient (Wildman–Crippen LogP) is 5.84. The first-order valence-corrected chi connectivity index (χ1v) is 22.9. The van der Waals surface area contributed by atoms with Gasteiger partial charge in [0.15, 0.2) is 11.5 Å². The Morgan fingerprint density at radius 2 is 1.46 bits per heavy atom. The molecule has 69 heavy (non-hydrogen) atoms. The van der Waals surface area contributed by atoms with Crippen LogP contribution in [0.3, 0.4) is 0 Å². The number of carbonyl (C=O) groups excluding carboxylic acids is 4. The van der Waals surface area contributed by atoms with Gasteiger partial charge in [-0.05, 0) is 70.6 Å². The molecule has 15 heteroatoms. The average Bonchev–Trinajstić information content (AvgIpc) is 3.84. The first-order valence-electron chi connectivity index (χ1n) is 22.9. The van der Waals surface area contributed by atoms with Crippen LogP contribution in [0.15, 0.2) is 115 Å². The van der Waals surface area contributed by atoms with Crippen molar-refractivity contribution in [1.82, 2.24) is 9.80 Å². The van der Waals surface area contributed by atoms with E-state index in [2.05, 4.69) is 11.8 Å². The lowest BCUT2D eigenvalue weighted by molar-refractivity contribution is -0.179. The number of para-hydroxylation sites is 1. The molecule has 0 bridgehead atoms. The van der Waals surface area contributed by atoms with Crippen LogP contribution in [0, 0.1) is 17.8 Å². The third-order valence-corrected chi connectivity index (χ3v) is 13.5. The molecule has 2 N–H and O–H groups in total. The highest BCUT2D eigenvalue weighted by atomic mass is 16.6. The van der Waals surface area contributed by atoms with Gasteiger partial charge in [0, 0.05) is 37.7 Å². The molecule has 0 radical (unpaired) electrons. The van der Waals surface area contributed by atoms with E-state index in [0.29, 0.717) is 34.6 Å². The van der Waals surface area contributed by atoms with Gasteiger partial charge in [-0.3, -0.25) is 19.3 Å². The van der Waals surface area contributed by atoms with E-state index in [1.807, 2.05) is 77.7 Å². The van der Waals surface area contributed by atoms with Crippen LogP contribution in [0.4, 0.5) is 10.5 Å². The predicted molar refractivity (Wildman–Crippen MR) is 251 cm³/mol. The molecule has 3 amide bonds. The third kappa shape index (κ3) is 8.23. The Morgan fingerprint density at radius 1 is 0.768 bits per heavy atom. The number of cyclic esters (lactones) is 1. The van der Waals surface area contributed by atoms with Crippen LogP contribution < -0.4 is 19.1 Å². The summed E-state index contributed by atoms with van der Waals surface area (Å²) in [7, 11) is 4.55. The summed E-state index contributed by atoms with van der Waals surface area (Å²) in [6.07, 6.45) is -1.39. The number of aliphatic hydroxyl groups is 2. The standard InChI is InChI=1S/C54H53N3O12/c1-64-28-29-68-53(63)56-41-22-21-34(14-12-13-25-58)30-40(41)54(52(56)62)45(50(60)55-24-23-37-31-43(65-2)44(66-3)32-38(37)33-55)47-51(61)69-48(36-17-8-5-9-18-36)46(35-15-6-4-7-16-35)57(47)49(54)39-19-10-11-20-42(39)67-27-26-59/h4-11,15-22,30-32,45-49,58-59H,13,23-29,33H2,1-3H3/t45-,46-,47-,48+,49+,54-/m1/s1. The molecule has 4 aliphatic heterocycles. The van der Waals surface area contributed by atoms with Crippen molar-refractivity contribution in [1.29, 1.82) is 0 Å². The van der Waals surface area contributed by atoms with Crippen LogP contribution >= 0.6 is 0 Å². The number of morpholine rings is 1. The fourth-order valence-electron chi connectivity index (χ4n) is 10.7. The largest absolute Gasteiger partial charge is 0.493 e. The minimum atomic E-state index is -2.11. The van der Waals surface area contributed by atoms with Gasteiger partial charge in [-0.15, -0.1) is 0 Å². The van der Waals surface area contributed by atoms with Gasteiger partial charge >= 0.3 is 12.1 Å². The van der Waals surface area contributed by atoms with E-state index in [9.17, 15) is 15.0 Å². The zero-order valence-electron chi connectivity index (χ0n) is 38.5. The maximum Gasteiger partial charge on any atom is 0.421 e. The Bertz CT molecular complexity index is 2790. The number of rotatable bonds is 13. The molecule has 15 nitrogen and oxygen atoms in total. The first-order chi connectivity index (χ1) is 33.7. The summed E-state index contributed by atoms with van der Waals surface area (Å²) >= 11 is 0. The Balaban J connectivity index is 1.37. The summed E-state index contributed by atoms with van der Waals surface area (Å²) < 4.78 is 35.2. The highest BCUT2D eigenvalue weighted by molar-refractivity contribution is 6.23. The van der Waals surface area contributed by atoms with Gasteiger partial charge in [0.2, 0.25) is 11.8 Å². The number of methoxy groups -OCH3 is 3. The number of aliphatic hydroxyl groups excluding tert-OH is 2. The molecule has 0 unspecified atom stereocenters. The molecule has 0 aliphatic carbocycles. The lowest BCUT2D eigenvalue weighted by Gasteiger charge is -2.46. The Labute approximate surface area is 400 Å². The summed E-state index contributed by atoms with van der Waals surface area (Å²) in [5.41, 5.74) is 2.25. The molecular formula is C54H53N3O12. The fraction of sp³-hybridized carbons (Fsp3) is 0.333. The molecule has 0 aromatic heterocycles. The highest BCUT2D eigenvalue weighted by Crippen LogP contribution is 2.67. The Morgan fingerprint density at radius 3 is 2.16 bits per heavy atom. The number of benzene rings is 5. The van der Waals surface area contributed by atoms with Gasteiger partial charge in [-0.25, -0.2) is 9.69 Å². The quantitative estimate of drug-likeness (QED) is 0.0820. The number of imide groups is 1. The van der Waals surface area contributed by atoms with Gasteiger partial charge in [0.1, 0.15) is 36.5 Å². The van der Waals surface area contributed by atoms with E-state index in [4.69, 9.17) is 28.4 Å². The van der Waals surface area contributed by atoms with Gasteiger partial charge in [-0.1, -0.05) is 90.7 Å². The zero-order chi connectivity index (χ0) is 48.2. The summed E-state index contributed by atoms with van der Waals surface area (Å²) in [6.45, 7) is -0.486. The number of amides is 3. The van der Waals surface area contributed by atoms with E-state index in [0.717, 1.165) is 21.6 Å². The van der Waals surface area contributed by atoms with Gasteiger partial charge in [-0.2, -0.15) is 0 Å². The smallest absolute Gasteiger partial charge is 0.421 e. The topological polar surface area (TPSA) is 174 Å². The SMILES string of the molecule is COCCOC(=O)N1C(=O)[C@@]2(c3cc(C#CCCO)ccc31)[C@H](c1ccccc1OCCO)N1[C@H](c3ccccc3)[C@H](c3ccccc3)OC(=O)[C@H]1[C@@H]2C(=O)N1CCc2cc(OC)c(OC)cc2C1. The summed E-state index contributed by atoms with van der Waals surface area (Å²) in [6, 6.07) is 31.0. The van der Waals surface area contributed by atoms with Crippen molar-refractivity contribution in [3.63, 3.8) is 0 Å². The number of nitrogens with zero attached hydrogens (tertiary/aromatic N) is 3. The highest BCUT2D eigenvalue weighted by Gasteiger charge is 2.76. The van der Waals surface area contributed by atoms with E-state index < -0.39 is 59.4 Å². The maximum absolute atomic E-state index is 16.6. The maximum atomic E-state index is 16.6. The van der Waals surface area contributed by atoms with E-state index in [-0.39, 0.29) is 69.5 Å². The Kier molecular flexibility index (Phi) is 13.7. The van der Waals surface area contributed by atoms with Gasteiger partial charge in [0.05, 0.1) is 57.7 Å². The minimum Gasteiger partial charge on any atom is -0.493 e. The molecule has 2 fully saturated rings. The number of hydrogen-bond acceptors (Lipinski definition) is 13. The Hall–Kier alpha value is -7.22. The number of ether oxygens (including phenoxy) is 6. The molecular weight excluding hydrogens is 883 g/mol. The summed E-state index contributed by atoms with van der Waals surface area (Å²) in [4.78, 5) is 67.8. The first kappa shape index (κ1) is 46.9. The number of esters is 1. The molecule has 1 spiro atoms. The van der Waals surface area contributed by atoms with Crippen molar-refractivity contribution in [3.05, 3.63) is 154 Å². The lowest BCUT2D eigenvalue weighted by Crippen LogP contribution is -2.57. The normalized spacial score (nSPS) is 22.5. The molecule has 4 aliphatic rings. The molecule has 2 saturated heterocycles. The number of hydrogen-bond donors (Lipinski definition) is 2. The molecule has 5 aromatic carbocycles. The van der Waals surface area contributed by atoms with E-state index >= 15 is 14.4 Å². The molecule has 4 heterocycles. The molecule has 5 aromatic rings. The van der Waals surface area contributed by atoms with Crippen molar-refractivity contribution in [2.45, 2.75) is 49.0 Å². The van der Waals surface area contributed by atoms with E-state index in [1.54, 1.807) is 54.5 Å². The van der Waals surface area contributed by atoms with Crippen molar-refractivity contribution in [3.8, 4) is 29.1 Å². The molecule has 356 valence electrons. The van der Waals surface area contributed by atoms with Crippen LogP contribution in [0.25, 0.3) is 0 Å². The second-order valence-electron chi connectivity index (χ2n) is 17.1. The van der Waals surface area contributed by atoms with Crippen LogP contribution in [-0.4, -0.2) is 111 Å². The van der Waals surface area contributed by atoms with E-state index in [1.165, 1.54) is 14.2 Å². The van der Waals surface area contributed by atoms with Crippen LogP contribution in [0.2, 0.25) is 0 Å². The van der Waals surface area contributed by atoms with Crippen LogP contribution in [-0.2, 0) is 47.0 Å². The number of fused-ring (bicyclic) bond motifs is 4. The second kappa shape index (κ2) is 20.2. The molecule has 0 saturated carbocycles. The van der Waals surface area contributed by atoms with Crippen molar-refractivity contribution >= 4 is 29.6 Å². The zero-order valence-corrected chi connectivity index (χ0v) is 38.5. The van der Waals surface area contributed by atoms with Crippen molar-refractivity contribution < 1.29 is 57.8 Å². The van der Waals surface area contributed by atoms with Crippen molar-refractivity contribution in [2.24, 2.45) is 5.92 Å². The minimum absolute atomic E-state index is 0.0406. The van der Waals surface area contributed by atoms with Gasteiger partial charge in [0.25, 0.3) is 0 Å². The molecule has 6 atom stereocenters. The van der Waals surface area contributed by atoms with Gasteiger partial charge < -0.3 is 43.5 Å². The summed E-state index contributed by atoms with van der Waals surface area (Å²) in [5.74, 6) is 3.72.